The summed E-state index contributed by atoms with van der Waals surface area (Å²) in [6.07, 6.45) is 2.12. The van der Waals surface area contributed by atoms with E-state index < -0.39 is 16.1 Å². The van der Waals surface area contributed by atoms with Crippen LogP contribution >= 0.6 is 0 Å². The van der Waals surface area contributed by atoms with Gasteiger partial charge in [-0.1, -0.05) is 42.5 Å². The second kappa shape index (κ2) is 7.95. The maximum atomic E-state index is 12.8. The lowest BCUT2D eigenvalue weighted by Crippen LogP contribution is -2.27. The van der Waals surface area contributed by atoms with Gasteiger partial charge < -0.3 is 5.32 Å². The van der Waals surface area contributed by atoms with Gasteiger partial charge in [0.2, 0.25) is 10.0 Å². The number of carbonyl (C=O) groups excluding carboxylic acids is 1. The summed E-state index contributed by atoms with van der Waals surface area (Å²) in [5.41, 5.74) is 3.01. The van der Waals surface area contributed by atoms with Crippen molar-refractivity contribution in [1.82, 2.24) is 15.1 Å². The van der Waals surface area contributed by atoms with Gasteiger partial charge in [-0.3, -0.25) is 9.48 Å². The minimum Gasteiger partial charge on any atom is -0.345 e. The molecule has 1 atom stereocenters. The van der Waals surface area contributed by atoms with E-state index in [4.69, 9.17) is 5.14 Å². The first kappa shape index (κ1) is 19.8. The van der Waals surface area contributed by atoms with Crippen LogP contribution in [0.15, 0.2) is 65.7 Å². The first-order chi connectivity index (χ1) is 13.3. The first-order valence-electron chi connectivity index (χ1n) is 8.74. The van der Waals surface area contributed by atoms with Crippen LogP contribution in [0.3, 0.4) is 0 Å². The topological polar surface area (TPSA) is 107 Å². The Hall–Kier alpha value is -2.97. The SMILES string of the molecule is CC(NC(=O)c1cnn(C)c1Cc1ccccc1)c1cccc(S(N)(=O)=O)c1. The number of nitrogens with one attached hydrogen (secondary N) is 1. The Morgan fingerprint density at radius 3 is 2.57 bits per heavy atom. The van der Waals surface area contributed by atoms with Crippen molar-refractivity contribution in [3.63, 3.8) is 0 Å². The number of nitrogens with two attached hydrogens (primary N) is 1. The zero-order valence-corrected chi connectivity index (χ0v) is 16.5. The Morgan fingerprint density at radius 1 is 1.18 bits per heavy atom. The lowest BCUT2D eigenvalue weighted by Gasteiger charge is -2.15. The third kappa shape index (κ3) is 4.47. The molecule has 0 fully saturated rings. The minimum atomic E-state index is -3.80. The molecule has 146 valence electrons. The van der Waals surface area contributed by atoms with Crippen molar-refractivity contribution in [3.8, 4) is 0 Å². The summed E-state index contributed by atoms with van der Waals surface area (Å²) in [5.74, 6) is -0.271. The molecule has 3 N–H and O–H groups in total. The van der Waals surface area contributed by atoms with Crippen LogP contribution in [0.1, 0.15) is 40.1 Å². The van der Waals surface area contributed by atoms with Gasteiger partial charge in [0.05, 0.1) is 28.4 Å². The van der Waals surface area contributed by atoms with Gasteiger partial charge in [-0.15, -0.1) is 0 Å². The zero-order valence-electron chi connectivity index (χ0n) is 15.7. The molecule has 3 rings (SSSR count). The van der Waals surface area contributed by atoms with Gasteiger partial charge in [0.15, 0.2) is 0 Å². The summed E-state index contributed by atoms with van der Waals surface area (Å²) in [6.45, 7) is 1.79. The third-order valence-corrected chi connectivity index (χ3v) is 5.47. The van der Waals surface area contributed by atoms with Crippen LogP contribution in [0.4, 0.5) is 0 Å². The van der Waals surface area contributed by atoms with Crippen molar-refractivity contribution >= 4 is 15.9 Å². The summed E-state index contributed by atoms with van der Waals surface area (Å²) >= 11 is 0. The maximum Gasteiger partial charge on any atom is 0.255 e. The molecule has 0 radical (unpaired) electrons. The van der Waals surface area contributed by atoms with Crippen LogP contribution in [-0.4, -0.2) is 24.1 Å². The van der Waals surface area contributed by atoms with Gasteiger partial charge in [-0.05, 0) is 30.2 Å². The van der Waals surface area contributed by atoms with E-state index in [9.17, 15) is 13.2 Å². The molecule has 1 aromatic heterocycles. The molecule has 0 spiro atoms. The van der Waals surface area contributed by atoms with Gasteiger partial charge >= 0.3 is 0 Å². The second-order valence-corrected chi connectivity index (χ2v) is 8.16. The predicted octanol–water partition coefficient (Wildman–Crippen LogP) is 2.15. The third-order valence-electron chi connectivity index (χ3n) is 4.55. The van der Waals surface area contributed by atoms with Crippen molar-refractivity contribution < 1.29 is 13.2 Å². The molecule has 0 aliphatic rings. The monoisotopic (exact) mass is 398 g/mol. The van der Waals surface area contributed by atoms with Gasteiger partial charge in [0.1, 0.15) is 0 Å². The number of aromatic nitrogens is 2. The quantitative estimate of drug-likeness (QED) is 0.663. The first-order valence-corrected chi connectivity index (χ1v) is 10.3. The summed E-state index contributed by atoms with van der Waals surface area (Å²) in [6, 6.07) is 15.7. The number of rotatable bonds is 6. The van der Waals surface area contributed by atoms with Crippen LogP contribution in [0, 0.1) is 0 Å². The lowest BCUT2D eigenvalue weighted by molar-refractivity contribution is 0.0939. The summed E-state index contributed by atoms with van der Waals surface area (Å²) in [5, 5.41) is 12.3. The zero-order chi connectivity index (χ0) is 20.3. The molecule has 8 heteroatoms. The van der Waals surface area contributed by atoms with Crippen LogP contribution in [0.5, 0.6) is 0 Å². The van der Waals surface area contributed by atoms with E-state index in [1.165, 1.54) is 12.1 Å². The molecule has 1 amide bonds. The van der Waals surface area contributed by atoms with E-state index in [0.717, 1.165) is 11.3 Å². The Balaban J connectivity index is 1.80. The molecular formula is C20H22N4O3S. The van der Waals surface area contributed by atoms with Crippen molar-refractivity contribution in [3.05, 3.63) is 83.2 Å². The lowest BCUT2D eigenvalue weighted by atomic mass is 10.1. The highest BCUT2D eigenvalue weighted by Gasteiger charge is 2.19. The molecule has 0 aliphatic carbocycles. The van der Waals surface area contributed by atoms with Crippen molar-refractivity contribution in [2.24, 2.45) is 12.2 Å². The number of carbonyl (C=O) groups is 1. The molecule has 0 saturated carbocycles. The molecule has 28 heavy (non-hydrogen) atoms. The number of nitrogens with zero attached hydrogens (tertiary/aromatic N) is 2. The minimum absolute atomic E-state index is 0.0113. The highest BCUT2D eigenvalue weighted by atomic mass is 32.2. The Labute approximate surface area is 164 Å². The number of hydrogen-bond donors (Lipinski definition) is 2. The second-order valence-electron chi connectivity index (χ2n) is 6.60. The van der Waals surface area contributed by atoms with E-state index in [2.05, 4.69) is 10.4 Å². The average molecular weight is 398 g/mol. The van der Waals surface area contributed by atoms with Gasteiger partial charge in [0.25, 0.3) is 5.91 Å². The fourth-order valence-electron chi connectivity index (χ4n) is 2.97. The van der Waals surface area contributed by atoms with E-state index in [1.807, 2.05) is 30.3 Å². The Bertz CT molecular complexity index is 1090. The molecule has 2 aromatic carbocycles. The van der Waals surface area contributed by atoms with Crippen LogP contribution in [0.2, 0.25) is 0 Å². The Morgan fingerprint density at radius 2 is 1.89 bits per heavy atom. The fourth-order valence-corrected chi connectivity index (χ4v) is 3.54. The van der Waals surface area contributed by atoms with E-state index in [1.54, 1.807) is 37.0 Å². The number of sulfonamides is 1. The highest BCUT2D eigenvalue weighted by molar-refractivity contribution is 7.89. The molecule has 1 unspecified atom stereocenters. The van der Waals surface area contributed by atoms with E-state index in [-0.39, 0.29) is 10.8 Å². The number of primary sulfonamides is 1. The van der Waals surface area contributed by atoms with Crippen LogP contribution in [0.25, 0.3) is 0 Å². The van der Waals surface area contributed by atoms with Crippen LogP contribution < -0.4 is 10.5 Å². The maximum absolute atomic E-state index is 12.8. The molecule has 0 aliphatic heterocycles. The average Bonchev–Trinajstić information content (AvgIpc) is 3.02. The predicted molar refractivity (Wildman–Crippen MR) is 106 cm³/mol. The fraction of sp³-hybridized carbons (Fsp3) is 0.200. The highest BCUT2D eigenvalue weighted by Crippen LogP contribution is 2.19. The van der Waals surface area contributed by atoms with E-state index >= 15 is 0 Å². The largest absolute Gasteiger partial charge is 0.345 e. The summed E-state index contributed by atoms with van der Waals surface area (Å²) in [4.78, 5) is 12.8. The smallest absolute Gasteiger partial charge is 0.255 e. The van der Waals surface area contributed by atoms with E-state index in [0.29, 0.717) is 17.5 Å². The molecule has 3 aromatic rings. The number of amides is 1. The van der Waals surface area contributed by atoms with Crippen molar-refractivity contribution in [2.45, 2.75) is 24.3 Å². The van der Waals surface area contributed by atoms with Crippen molar-refractivity contribution in [2.75, 3.05) is 0 Å². The molecule has 1 heterocycles. The molecular weight excluding hydrogens is 376 g/mol. The van der Waals surface area contributed by atoms with Crippen LogP contribution in [-0.2, 0) is 23.5 Å². The number of aryl methyl sites for hydroxylation is 1. The van der Waals surface area contributed by atoms with Gasteiger partial charge in [0, 0.05) is 13.5 Å². The molecule has 7 nitrogen and oxygen atoms in total. The number of hydrogen-bond acceptors (Lipinski definition) is 4. The normalized spacial score (nSPS) is 12.5. The number of benzene rings is 2. The van der Waals surface area contributed by atoms with Gasteiger partial charge in [-0.2, -0.15) is 5.10 Å². The van der Waals surface area contributed by atoms with Crippen molar-refractivity contribution in [1.29, 1.82) is 0 Å². The summed E-state index contributed by atoms with van der Waals surface area (Å²) in [7, 11) is -2.00. The summed E-state index contributed by atoms with van der Waals surface area (Å²) < 4.78 is 24.8. The van der Waals surface area contributed by atoms with Gasteiger partial charge in [-0.25, -0.2) is 13.6 Å². The molecule has 0 bridgehead atoms. The Kier molecular flexibility index (Phi) is 5.62. The standard InChI is InChI=1S/C20H22N4O3S/c1-14(16-9-6-10-17(12-16)28(21,26)27)23-20(25)18-13-22-24(2)19(18)11-15-7-4-3-5-8-15/h3-10,12-14H,11H2,1-2H3,(H,23,25)(H2,21,26,27). The molecule has 0 saturated heterocycles.